The van der Waals surface area contributed by atoms with Crippen LogP contribution in [0.4, 0.5) is 4.79 Å². The SMILES string of the molecule is C[C@@H](O)[C@@H](NC(=O)[C@@H](Cc1ccc(O)cc1)NC(=O)OCc1ccccc1)C(=O)O. The summed E-state index contributed by atoms with van der Waals surface area (Å²) in [5.74, 6) is -2.17. The van der Waals surface area contributed by atoms with Crippen LogP contribution in [0.15, 0.2) is 54.6 Å². The maximum absolute atomic E-state index is 12.6. The first-order valence-corrected chi connectivity index (χ1v) is 9.22. The summed E-state index contributed by atoms with van der Waals surface area (Å²) in [6.07, 6.45) is -2.19. The second-order valence-electron chi connectivity index (χ2n) is 6.69. The zero-order valence-electron chi connectivity index (χ0n) is 16.3. The largest absolute Gasteiger partial charge is 0.508 e. The summed E-state index contributed by atoms with van der Waals surface area (Å²) in [5, 5.41) is 32.8. The van der Waals surface area contributed by atoms with Crippen molar-refractivity contribution in [1.82, 2.24) is 10.6 Å². The van der Waals surface area contributed by atoms with Crippen LogP contribution in [0.25, 0.3) is 0 Å². The van der Waals surface area contributed by atoms with Crippen molar-refractivity contribution in [3.05, 3.63) is 65.7 Å². The second kappa shape index (κ2) is 10.8. The van der Waals surface area contributed by atoms with Crippen molar-refractivity contribution in [2.45, 2.75) is 38.1 Å². The lowest BCUT2D eigenvalue weighted by atomic mass is 10.0. The number of ether oxygens (including phenoxy) is 1. The minimum atomic E-state index is -1.54. The Morgan fingerprint density at radius 1 is 0.967 bits per heavy atom. The highest BCUT2D eigenvalue weighted by Gasteiger charge is 2.30. The average Bonchev–Trinajstić information content (AvgIpc) is 2.71. The Bertz CT molecular complexity index is 853. The van der Waals surface area contributed by atoms with Gasteiger partial charge in [-0.05, 0) is 30.2 Å². The average molecular weight is 416 g/mol. The monoisotopic (exact) mass is 416 g/mol. The van der Waals surface area contributed by atoms with Crippen molar-refractivity contribution in [3.8, 4) is 5.75 Å². The quantitative estimate of drug-likeness (QED) is 0.413. The third kappa shape index (κ3) is 7.10. The van der Waals surface area contributed by atoms with Gasteiger partial charge in [0.05, 0.1) is 6.10 Å². The third-order valence-corrected chi connectivity index (χ3v) is 4.24. The predicted molar refractivity (Wildman–Crippen MR) is 107 cm³/mol. The maximum atomic E-state index is 12.6. The van der Waals surface area contributed by atoms with E-state index in [2.05, 4.69) is 10.6 Å². The maximum Gasteiger partial charge on any atom is 0.408 e. The standard InChI is InChI=1S/C21H24N2O7/c1-13(24)18(20(27)28)23-19(26)17(11-14-7-9-16(25)10-8-14)22-21(29)30-12-15-5-3-2-4-6-15/h2-10,13,17-18,24-25H,11-12H2,1H3,(H,22,29)(H,23,26)(H,27,28)/t13-,17-,18-/m1/s1. The molecule has 160 valence electrons. The van der Waals surface area contributed by atoms with E-state index in [1.165, 1.54) is 19.1 Å². The minimum absolute atomic E-state index is 0.00829. The van der Waals surface area contributed by atoms with E-state index in [0.717, 1.165) is 5.56 Å². The number of aliphatic hydroxyl groups excluding tert-OH is 1. The fourth-order valence-corrected chi connectivity index (χ4v) is 2.63. The Kier molecular flexibility index (Phi) is 8.18. The molecule has 0 bridgehead atoms. The van der Waals surface area contributed by atoms with E-state index in [9.17, 15) is 29.7 Å². The normalized spacial score (nSPS) is 13.5. The number of aliphatic hydroxyl groups is 1. The van der Waals surface area contributed by atoms with E-state index < -0.39 is 36.2 Å². The highest BCUT2D eigenvalue weighted by Crippen LogP contribution is 2.12. The molecule has 3 atom stereocenters. The lowest BCUT2D eigenvalue weighted by Crippen LogP contribution is -2.55. The summed E-state index contributed by atoms with van der Waals surface area (Å²) in [6.45, 7) is 1.22. The molecule has 2 aromatic rings. The van der Waals surface area contributed by atoms with Crippen molar-refractivity contribution >= 4 is 18.0 Å². The molecule has 9 heteroatoms. The molecule has 2 aromatic carbocycles. The molecule has 0 fully saturated rings. The van der Waals surface area contributed by atoms with Crippen LogP contribution in [-0.2, 0) is 27.4 Å². The summed E-state index contributed by atoms with van der Waals surface area (Å²) in [5.41, 5.74) is 1.37. The molecule has 0 aromatic heterocycles. The number of carbonyl (C=O) groups is 3. The molecule has 0 aliphatic heterocycles. The number of hydrogen-bond donors (Lipinski definition) is 5. The number of benzene rings is 2. The van der Waals surface area contributed by atoms with Crippen LogP contribution in [0, 0.1) is 0 Å². The first-order valence-electron chi connectivity index (χ1n) is 9.22. The van der Waals surface area contributed by atoms with Gasteiger partial charge in [-0.1, -0.05) is 42.5 Å². The number of aliphatic carboxylic acids is 1. The number of amides is 2. The van der Waals surface area contributed by atoms with Gasteiger partial charge in [-0.3, -0.25) is 4.79 Å². The number of alkyl carbamates (subject to hydrolysis) is 1. The molecular formula is C21H24N2O7. The number of carbonyl (C=O) groups excluding carboxylic acids is 2. The Hall–Kier alpha value is -3.59. The number of phenols is 1. The molecule has 30 heavy (non-hydrogen) atoms. The van der Waals surface area contributed by atoms with Gasteiger partial charge in [0, 0.05) is 6.42 Å². The van der Waals surface area contributed by atoms with Gasteiger partial charge in [0.2, 0.25) is 5.91 Å². The number of carboxylic acid groups (broad SMARTS) is 1. The number of aromatic hydroxyl groups is 1. The van der Waals surface area contributed by atoms with Gasteiger partial charge < -0.3 is 30.7 Å². The van der Waals surface area contributed by atoms with Crippen molar-refractivity contribution in [2.75, 3.05) is 0 Å². The Morgan fingerprint density at radius 2 is 1.60 bits per heavy atom. The van der Waals surface area contributed by atoms with E-state index in [-0.39, 0.29) is 18.8 Å². The van der Waals surface area contributed by atoms with Crippen molar-refractivity contribution < 1.29 is 34.4 Å². The van der Waals surface area contributed by atoms with Gasteiger partial charge in [-0.15, -0.1) is 0 Å². The summed E-state index contributed by atoms with van der Waals surface area (Å²) in [4.78, 5) is 36.1. The van der Waals surface area contributed by atoms with Gasteiger partial charge in [-0.2, -0.15) is 0 Å². The summed E-state index contributed by atoms with van der Waals surface area (Å²) in [6, 6.07) is 12.2. The molecule has 2 amide bonds. The van der Waals surface area contributed by atoms with E-state index in [1.807, 2.05) is 6.07 Å². The predicted octanol–water partition coefficient (Wildman–Crippen LogP) is 1.18. The number of hydrogen-bond acceptors (Lipinski definition) is 6. The highest BCUT2D eigenvalue weighted by atomic mass is 16.5. The third-order valence-electron chi connectivity index (χ3n) is 4.24. The molecule has 0 radical (unpaired) electrons. The zero-order valence-corrected chi connectivity index (χ0v) is 16.3. The molecule has 0 heterocycles. The molecule has 2 rings (SSSR count). The van der Waals surface area contributed by atoms with E-state index in [4.69, 9.17) is 4.74 Å². The summed E-state index contributed by atoms with van der Waals surface area (Å²) < 4.78 is 5.13. The molecular weight excluding hydrogens is 392 g/mol. The van der Waals surface area contributed by atoms with Gasteiger partial charge in [0.15, 0.2) is 6.04 Å². The summed E-state index contributed by atoms with van der Waals surface area (Å²) >= 11 is 0. The second-order valence-corrected chi connectivity index (χ2v) is 6.69. The lowest BCUT2D eigenvalue weighted by Gasteiger charge is -2.22. The van der Waals surface area contributed by atoms with Gasteiger partial charge in [0.25, 0.3) is 0 Å². The van der Waals surface area contributed by atoms with Crippen molar-refractivity contribution in [1.29, 1.82) is 0 Å². The highest BCUT2D eigenvalue weighted by molar-refractivity contribution is 5.89. The Balaban J connectivity index is 2.09. The number of carboxylic acids is 1. The Morgan fingerprint density at radius 3 is 2.17 bits per heavy atom. The van der Waals surface area contributed by atoms with E-state index in [1.54, 1.807) is 36.4 Å². The molecule has 0 aliphatic rings. The number of phenolic OH excluding ortho intramolecular Hbond substituents is 1. The van der Waals surface area contributed by atoms with Crippen LogP contribution >= 0.6 is 0 Å². The topological polar surface area (TPSA) is 145 Å². The number of rotatable bonds is 9. The fourth-order valence-electron chi connectivity index (χ4n) is 2.63. The molecule has 9 nitrogen and oxygen atoms in total. The first kappa shape index (κ1) is 22.7. The fraction of sp³-hybridized carbons (Fsp3) is 0.286. The smallest absolute Gasteiger partial charge is 0.408 e. The van der Waals surface area contributed by atoms with Crippen LogP contribution in [0.2, 0.25) is 0 Å². The van der Waals surface area contributed by atoms with E-state index in [0.29, 0.717) is 5.56 Å². The molecule has 0 aliphatic carbocycles. The first-order chi connectivity index (χ1) is 14.3. The summed E-state index contributed by atoms with van der Waals surface area (Å²) in [7, 11) is 0. The number of nitrogens with one attached hydrogen (secondary N) is 2. The van der Waals surface area contributed by atoms with Gasteiger partial charge in [-0.25, -0.2) is 9.59 Å². The van der Waals surface area contributed by atoms with Crippen LogP contribution in [0.5, 0.6) is 5.75 Å². The molecule has 0 spiro atoms. The van der Waals surface area contributed by atoms with Gasteiger partial charge in [0.1, 0.15) is 18.4 Å². The minimum Gasteiger partial charge on any atom is -0.508 e. The Labute approximate surface area is 173 Å². The van der Waals surface area contributed by atoms with Crippen molar-refractivity contribution in [3.63, 3.8) is 0 Å². The van der Waals surface area contributed by atoms with Crippen LogP contribution in [0.1, 0.15) is 18.1 Å². The van der Waals surface area contributed by atoms with Crippen LogP contribution in [0.3, 0.4) is 0 Å². The lowest BCUT2D eigenvalue weighted by molar-refractivity contribution is -0.145. The van der Waals surface area contributed by atoms with Crippen LogP contribution < -0.4 is 10.6 Å². The van der Waals surface area contributed by atoms with E-state index >= 15 is 0 Å². The van der Waals surface area contributed by atoms with Crippen molar-refractivity contribution in [2.24, 2.45) is 0 Å². The molecule has 0 saturated heterocycles. The molecule has 0 unspecified atom stereocenters. The molecule has 5 N–H and O–H groups in total. The molecule has 0 saturated carbocycles. The van der Waals surface area contributed by atoms with Crippen LogP contribution in [-0.4, -0.2) is 51.5 Å². The van der Waals surface area contributed by atoms with Gasteiger partial charge >= 0.3 is 12.1 Å². The zero-order chi connectivity index (χ0) is 22.1.